The van der Waals surface area contributed by atoms with E-state index in [9.17, 15) is 9.18 Å². The van der Waals surface area contributed by atoms with Crippen LogP contribution in [0.25, 0.3) is 0 Å². The van der Waals surface area contributed by atoms with Crippen molar-refractivity contribution in [3.63, 3.8) is 0 Å². The Kier molecular flexibility index (Phi) is 6.94. The van der Waals surface area contributed by atoms with Gasteiger partial charge in [-0.1, -0.05) is 12.1 Å². The number of rotatable bonds is 5. The lowest BCUT2D eigenvalue weighted by Crippen LogP contribution is -2.53. The van der Waals surface area contributed by atoms with E-state index in [0.29, 0.717) is 25.2 Å². The van der Waals surface area contributed by atoms with Gasteiger partial charge >= 0.3 is 6.09 Å². The Bertz CT molecular complexity index is 636. The number of ether oxygens (including phenoxy) is 2. The lowest BCUT2D eigenvalue weighted by Gasteiger charge is -2.32. The molecule has 5 nitrogen and oxygen atoms in total. The van der Waals surface area contributed by atoms with Crippen molar-refractivity contribution in [1.82, 2.24) is 10.6 Å². The van der Waals surface area contributed by atoms with Gasteiger partial charge in [-0.3, -0.25) is 0 Å². The average molecular weight is 393 g/mol. The van der Waals surface area contributed by atoms with Crippen molar-refractivity contribution in [2.24, 2.45) is 5.92 Å². The van der Waals surface area contributed by atoms with Gasteiger partial charge in [0, 0.05) is 6.04 Å². The van der Waals surface area contributed by atoms with Crippen molar-refractivity contribution in [3.8, 4) is 0 Å². The topological polar surface area (TPSA) is 59.6 Å². The molecular formula is C22H33FN2O3. The fourth-order valence-electron chi connectivity index (χ4n) is 4.11. The van der Waals surface area contributed by atoms with Crippen molar-refractivity contribution >= 4 is 6.09 Å². The third-order valence-corrected chi connectivity index (χ3v) is 5.52. The minimum atomic E-state index is -0.505. The molecule has 1 aromatic carbocycles. The van der Waals surface area contributed by atoms with Gasteiger partial charge < -0.3 is 20.1 Å². The average Bonchev–Trinajstić information content (AvgIpc) is 3.03. The molecule has 0 spiro atoms. The second-order valence-electron chi connectivity index (χ2n) is 9.11. The van der Waals surface area contributed by atoms with Crippen molar-refractivity contribution in [3.05, 3.63) is 35.6 Å². The fourth-order valence-corrected chi connectivity index (χ4v) is 4.11. The van der Waals surface area contributed by atoms with Gasteiger partial charge in [0.2, 0.25) is 0 Å². The maximum atomic E-state index is 13.0. The van der Waals surface area contributed by atoms with E-state index in [2.05, 4.69) is 10.6 Å². The minimum Gasteiger partial charge on any atom is -0.444 e. The zero-order chi connectivity index (χ0) is 20.1. The summed E-state index contributed by atoms with van der Waals surface area (Å²) in [4.78, 5) is 12.0. The van der Waals surface area contributed by atoms with E-state index in [1.165, 1.54) is 5.56 Å². The molecule has 0 aromatic heterocycles. The molecule has 0 unspecified atom stereocenters. The van der Waals surface area contributed by atoms with Crippen LogP contribution < -0.4 is 10.6 Å². The Balaban J connectivity index is 1.42. The highest BCUT2D eigenvalue weighted by molar-refractivity contribution is 5.68. The molecule has 2 aliphatic rings. The van der Waals surface area contributed by atoms with Crippen LogP contribution in [0.4, 0.5) is 9.18 Å². The zero-order valence-corrected chi connectivity index (χ0v) is 17.2. The van der Waals surface area contributed by atoms with E-state index < -0.39 is 11.7 Å². The van der Waals surface area contributed by atoms with E-state index in [4.69, 9.17) is 9.47 Å². The highest BCUT2D eigenvalue weighted by Gasteiger charge is 2.33. The van der Waals surface area contributed by atoms with Crippen LogP contribution >= 0.6 is 0 Å². The molecule has 3 rings (SSSR count). The lowest BCUT2D eigenvalue weighted by molar-refractivity contribution is 0.0493. The summed E-state index contributed by atoms with van der Waals surface area (Å²) >= 11 is 0. The van der Waals surface area contributed by atoms with Crippen molar-refractivity contribution in [1.29, 1.82) is 0 Å². The number of benzene rings is 1. The number of carbonyl (C=O) groups excluding carboxylic acids is 1. The summed E-state index contributed by atoms with van der Waals surface area (Å²) in [6.07, 6.45) is 5.17. The fraction of sp³-hybridized carbons (Fsp3) is 0.682. The molecule has 1 aromatic rings. The molecule has 1 saturated carbocycles. The minimum absolute atomic E-state index is 0.0632. The molecule has 2 N–H and O–H groups in total. The van der Waals surface area contributed by atoms with Gasteiger partial charge in [-0.25, -0.2) is 9.18 Å². The van der Waals surface area contributed by atoms with Crippen LogP contribution in [-0.2, 0) is 15.9 Å². The SMILES string of the molecule is CC(C)(C)OC(=O)N[C@@H]1COC[C@H]1NC1CCC(Cc2ccc(F)cc2)CC1. The molecule has 1 aliphatic carbocycles. The van der Waals surface area contributed by atoms with Crippen LogP contribution in [0.3, 0.4) is 0 Å². The highest BCUT2D eigenvalue weighted by Crippen LogP contribution is 2.28. The Morgan fingerprint density at radius 2 is 1.75 bits per heavy atom. The highest BCUT2D eigenvalue weighted by atomic mass is 19.1. The van der Waals surface area contributed by atoms with Crippen molar-refractivity contribution in [2.45, 2.75) is 76.6 Å². The predicted octanol–water partition coefficient (Wildman–Crippen LogP) is 3.81. The normalized spacial score (nSPS) is 28.1. The third-order valence-electron chi connectivity index (χ3n) is 5.52. The van der Waals surface area contributed by atoms with Gasteiger partial charge in [-0.15, -0.1) is 0 Å². The van der Waals surface area contributed by atoms with Gasteiger partial charge in [0.25, 0.3) is 0 Å². The molecular weight excluding hydrogens is 359 g/mol. The zero-order valence-electron chi connectivity index (χ0n) is 17.2. The van der Waals surface area contributed by atoms with Crippen LogP contribution in [0, 0.1) is 11.7 Å². The van der Waals surface area contributed by atoms with E-state index >= 15 is 0 Å². The molecule has 1 amide bonds. The number of carbonyl (C=O) groups is 1. The number of hydrogen-bond donors (Lipinski definition) is 2. The molecule has 1 saturated heterocycles. The van der Waals surface area contributed by atoms with Gasteiger partial charge in [-0.2, -0.15) is 0 Å². The van der Waals surface area contributed by atoms with Crippen LogP contribution in [-0.4, -0.2) is 43.0 Å². The van der Waals surface area contributed by atoms with E-state index in [1.54, 1.807) is 12.1 Å². The number of amides is 1. The molecule has 0 bridgehead atoms. The summed E-state index contributed by atoms with van der Waals surface area (Å²) in [6.45, 7) is 6.69. The number of halogens is 1. The third kappa shape index (κ3) is 6.45. The molecule has 28 heavy (non-hydrogen) atoms. The summed E-state index contributed by atoms with van der Waals surface area (Å²) in [7, 11) is 0. The van der Waals surface area contributed by atoms with E-state index in [-0.39, 0.29) is 17.9 Å². The second-order valence-corrected chi connectivity index (χ2v) is 9.11. The van der Waals surface area contributed by atoms with Gasteiger partial charge in [0.1, 0.15) is 11.4 Å². The first-order chi connectivity index (χ1) is 13.3. The summed E-state index contributed by atoms with van der Waals surface area (Å²) in [5.74, 6) is 0.476. The van der Waals surface area contributed by atoms with E-state index in [0.717, 1.165) is 32.1 Å². The van der Waals surface area contributed by atoms with Crippen LogP contribution in [0.1, 0.15) is 52.0 Å². The molecule has 2 fully saturated rings. The Morgan fingerprint density at radius 3 is 2.39 bits per heavy atom. The van der Waals surface area contributed by atoms with Gasteiger partial charge in [-0.05, 0) is 76.5 Å². The monoisotopic (exact) mass is 392 g/mol. The standard InChI is InChI=1S/C22H33FN2O3/c1-22(2,3)28-21(26)25-20-14-27-13-19(20)24-18-10-6-16(7-11-18)12-15-4-8-17(23)9-5-15/h4-5,8-9,16,18-20,24H,6-7,10-14H2,1-3H3,(H,25,26)/t16?,18?,19-,20-/m1/s1. The quantitative estimate of drug-likeness (QED) is 0.800. The Hall–Kier alpha value is -1.66. The summed E-state index contributed by atoms with van der Waals surface area (Å²) < 4.78 is 24.0. The first-order valence-corrected chi connectivity index (χ1v) is 10.4. The molecule has 1 heterocycles. The molecule has 156 valence electrons. The summed E-state index contributed by atoms with van der Waals surface area (Å²) in [6, 6.07) is 7.36. The van der Waals surface area contributed by atoms with Crippen molar-refractivity contribution < 1.29 is 18.7 Å². The number of alkyl carbamates (subject to hydrolysis) is 1. The van der Waals surface area contributed by atoms with Crippen LogP contribution in [0.5, 0.6) is 0 Å². The molecule has 2 atom stereocenters. The largest absolute Gasteiger partial charge is 0.444 e. The summed E-state index contributed by atoms with van der Waals surface area (Å²) in [5.41, 5.74) is 0.707. The molecule has 0 radical (unpaired) electrons. The second kappa shape index (κ2) is 9.23. The van der Waals surface area contributed by atoms with Gasteiger partial charge in [0.05, 0.1) is 25.3 Å². The van der Waals surface area contributed by atoms with E-state index in [1.807, 2.05) is 32.9 Å². The number of hydrogen-bond acceptors (Lipinski definition) is 4. The van der Waals surface area contributed by atoms with Gasteiger partial charge in [0.15, 0.2) is 0 Å². The smallest absolute Gasteiger partial charge is 0.408 e. The van der Waals surface area contributed by atoms with Crippen molar-refractivity contribution in [2.75, 3.05) is 13.2 Å². The van der Waals surface area contributed by atoms with Crippen LogP contribution in [0.2, 0.25) is 0 Å². The Labute approximate surface area is 167 Å². The first kappa shape index (κ1) is 21.1. The molecule has 6 heteroatoms. The maximum absolute atomic E-state index is 13.0. The lowest BCUT2D eigenvalue weighted by atomic mass is 9.82. The predicted molar refractivity (Wildman–Crippen MR) is 107 cm³/mol. The number of nitrogens with one attached hydrogen (secondary N) is 2. The maximum Gasteiger partial charge on any atom is 0.408 e. The summed E-state index contributed by atoms with van der Waals surface area (Å²) in [5, 5.41) is 6.62. The Morgan fingerprint density at radius 1 is 1.11 bits per heavy atom. The molecule has 1 aliphatic heterocycles. The van der Waals surface area contributed by atoms with Crippen LogP contribution in [0.15, 0.2) is 24.3 Å². The first-order valence-electron chi connectivity index (χ1n) is 10.4.